The van der Waals surface area contributed by atoms with Crippen LogP contribution in [0.1, 0.15) is 41.0 Å². The number of anilines is 1. The molecule has 2 nitrogen and oxygen atoms in total. The summed E-state index contributed by atoms with van der Waals surface area (Å²) in [5.41, 5.74) is 0.0852. The molecule has 2 N–H and O–H groups in total. The Labute approximate surface area is 125 Å². The summed E-state index contributed by atoms with van der Waals surface area (Å²) in [7, 11) is 0. The highest BCUT2D eigenvalue weighted by Crippen LogP contribution is 2.27. The van der Waals surface area contributed by atoms with Gasteiger partial charge in [-0.3, -0.25) is 0 Å². The number of rotatable bonds is 3. The number of thiocarbonyl (C=S) groups is 1. The second-order valence-electron chi connectivity index (χ2n) is 6.82. The summed E-state index contributed by atoms with van der Waals surface area (Å²) >= 11 is 5.18. The Morgan fingerprint density at radius 1 is 1.15 bits per heavy atom. The Morgan fingerprint density at radius 3 is 2.25 bits per heavy atom. The van der Waals surface area contributed by atoms with Crippen molar-refractivity contribution < 1.29 is 8.78 Å². The highest BCUT2D eigenvalue weighted by molar-refractivity contribution is 7.80. The SMILES string of the molecule is CC(C)(C)CC(C)(C)NC(=S)Nc1ccc(F)cc1F. The van der Waals surface area contributed by atoms with Gasteiger partial charge in [0.1, 0.15) is 11.6 Å². The highest BCUT2D eigenvalue weighted by atomic mass is 32.1. The van der Waals surface area contributed by atoms with Gasteiger partial charge >= 0.3 is 0 Å². The lowest BCUT2D eigenvalue weighted by Gasteiger charge is -2.34. The maximum atomic E-state index is 13.5. The topological polar surface area (TPSA) is 24.1 Å². The van der Waals surface area contributed by atoms with Gasteiger partial charge in [-0.05, 0) is 50.0 Å². The summed E-state index contributed by atoms with van der Waals surface area (Å²) in [6, 6.07) is 3.34. The maximum Gasteiger partial charge on any atom is 0.171 e. The number of halogens is 2. The summed E-state index contributed by atoms with van der Waals surface area (Å²) in [6.45, 7) is 10.5. The van der Waals surface area contributed by atoms with Gasteiger partial charge in [-0.25, -0.2) is 8.78 Å². The fraction of sp³-hybridized carbons (Fsp3) is 0.533. The summed E-state index contributed by atoms with van der Waals surface area (Å²) in [6.07, 6.45) is 0.897. The van der Waals surface area contributed by atoms with Crippen LogP contribution in [-0.4, -0.2) is 10.7 Å². The monoisotopic (exact) mass is 300 g/mol. The predicted octanol–water partition coefficient (Wildman–Crippen LogP) is 4.47. The van der Waals surface area contributed by atoms with E-state index in [-0.39, 0.29) is 16.6 Å². The van der Waals surface area contributed by atoms with Gasteiger partial charge in [0.15, 0.2) is 5.11 Å². The first-order valence-corrected chi connectivity index (χ1v) is 6.94. The van der Waals surface area contributed by atoms with E-state index in [0.717, 1.165) is 12.5 Å². The van der Waals surface area contributed by atoms with Crippen LogP contribution in [0.25, 0.3) is 0 Å². The molecular weight excluding hydrogens is 278 g/mol. The zero-order chi connectivity index (χ0) is 15.6. The molecule has 1 aromatic carbocycles. The molecule has 0 heterocycles. The molecule has 5 heteroatoms. The summed E-state index contributed by atoms with van der Waals surface area (Å²) < 4.78 is 26.4. The molecule has 112 valence electrons. The second-order valence-corrected chi connectivity index (χ2v) is 7.23. The first-order valence-electron chi connectivity index (χ1n) is 6.53. The molecule has 0 aliphatic heterocycles. The summed E-state index contributed by atoms with van der Waals surface area (Å²) in [4.78, 5) is 0. The van der Waals surface area contributed by atoms with Crippen molar-refractivity contribution in [1.82, 2.24) is 5.32 Å². The summed E-state index contributed by atoms with van der Waals surface area (Å²) in [5.74, 6) is -1.28. The Bertz CT molecular complexity index is 493. The molecule has 0 spiro atoms. The molecule has 0 aliphatic carbocycles. The molecule has 20 heavy (non-hydrogen) atoms. The van der Waals surface area contributed by atoms with Gasteiger partial charge < -0.3 is 10.6 Å². The number of hydrogen-bond donors (Lipinski definition) is 2. The van der Waals surface area contributed by atoms with Crippen LogP contribution in [-0.2, 0) is 0 Å². The van der Waals surface area contributed by atoms with Crippen LogP contribution in [0.2, 0.25) is 0 Å². The van der Waals surface area contributed by atoms with Crippen LogP contribution in [0.15, 0.2) is 18.2 Å². The van der Waals surface area contributed by atoms with Gasteiger partial charge in [0.05, 0.1) is 5.69 Å². The maximum absolute atomic E-state index is 13.5. The molecular formula is C15H22F2N2S. The van der Waals surface area contributed by atoms with Crippen LogP contribution in [0, 0.1) is 17.0 Å². The quantitative estimate of drug-likeness (QED) is 0.806. The van der Waals surface area contributed by atoms with Gasteiger partial charge in [-0.2, -0.15) is 0 Å². The van der Waals surface area contributed by atoms with Crippen molar-refractivity contribution in [3.8, 4) is 0 Å². The van der Waals surface area contributed by atoms with Gasteiger partial charge in [-0.15, -0.1) is 0 Å². The van der Waals surface area contributed by atoms with Gasteiger partial charge in [0, 0.05) is 11.6 Å². The van der Waals surface area contributed by atoms with Crippen molar-refractivity contribution in [1.29, 1.82) is 0 Å². The van der Waals surface area contributed by atoms with Gasteiger partial charge in [0.25, 0.3) is 0 Å². The summed E-state index contributed by atoms with van der Waals surface area (Å²) in [5, 5.41) is 6.24. The Kier molecular flexibility index (Phi) is 5.08. The fourth-order valence-corrected chi connectivity index (χ4v) is 2.81. The lowest BCUT2D eigenvalue weighted by molar-refractivity contribution is 0.268. The molecule has 1 aromatic rings. The molecule has 0 atom stereocenters. The average molecular weight is 300 g/mol. The van der Waals surface area contributed by atoms with E-state index in [4.69, 9.17) is 12.2 Å². The van der Waals surface area contributed by atoms with Crippen molar-refractivity contribution >= 4 is 23.0 Å². The Balaban J connectivity index is 2.68. The van der Waals surface area contributed by atoms with E-state index in [0.29, 0.717) is 5.11 Å². The van der Waals surface area contributed by atoms with E-state index in [1.807, 2.05) is 13.8 Å². The minimum absolute atomic E-state index is 0.146. The van der Waals surface area contributed by atoms with Gasteiger partial charge in [-0.1, -0.05) is 20.8 Å². The van der Waals surface area contributed by atoms with Crippen LogP contribution < -0.4 is 10.6 Å². The van der Waals surface area contributed by atoms with E-state index in [1.165, 1.54) is 12.1 Å². The second kappa shape index (κ2) is 6.04. The molecule has 0 saturated heterocycles. The third-order valence-electron chi connectivity index (χ3n) is 2.60. The average Bonchev–Trinajstić information content (AvgIpc) is 2.17. The van der Waals surface area contributed by atoms with E-state index in [2.05, 4.69) is 31.4 Å². The minimum Gasteiger partial charge on any atom is -0.358 e. The largest absolute Gasteiger partial charge is 0.358 e. The normalized spacial score (nSPS) is 12.2. The molecule has 1 rings (SSSR count). The number of nitrogens with one attached hydrogen (secondary N) is 2. The van der Waals surface area contributed by atoms with Crippen LogP contribution in [0.5, 0.6) is 0 Å². The molecule has 0 aliphatic rings. The standard InChI is InChI=1S/C15H22F2N2S/c1-14(2,3)9-15(4,5)19-13(20)18-12-7-6-10(16)8-11(12)17/h6-8H,9H2,1-5H3,(H2,18,19,20). The van der Waals surface area contributed by atoms with Crippen molar-refractivity contribution in [3.05, 3.63) is 29.8 Å². The van der Waals surface area contributed by atoms with E-state index in [1.54, 1.807) is 0 Å². The molecule has 0 unspecified atom stereocenters. The van der Waals surface area contributed by atoms with E-state index in [9.17, 15) is 8.78 Å². The van der Waals surface area contributed by atoms with Crippen molar-refractivity contribution in [2.45, 2.75) is 46.6 Å². The van der Waals surface area contributed by atoms with Crippen LogP contribution in [0.3, 0.4) is 0 Å². The first kappa shape index (κ1) is 16.8. The predicted molar refractivity (Wildman–Crippen MR) is 83.9 cm³/mol. The van der Waals surface area contributed by atoms with E-state index < -0.39 is 11.6 Å². The first-order chi connectivity index (χ1) is 8.98. The van der Waals surface area contributed by atoms with Crippen molar-refractivity contribution in [3.63, 3.8) is 0 Å². The molecule has 0 aromatic heterocycles. The smallest absolute Gasteiger partial charge is 0.171 e. The molecule has 0 radical (unpaired) electrons. The number of hydrogen-bond acceptors (Lipinski definition) is 1. The zero-order valence-electron chi connectivity index (χ0n) is 12.6. The molecule has 0 saturated carbocycles. The van der Waals surface area contributed by atoms with E-state index >= 15 is 0 Å². The van der Waals surface area contributed by atoms with Crippen molar-refractivity contribution in [2.24, 2.45) is 5.41 Å². The Morgan fingerprint density at radius 2 is 1.75 bits per heavy atom. The highest BCUT2D eigenvalue weighted by Gasteiger charge is 2.26. The minimum atomic E-state index is -0.664. The molecule has 0 amide bonds. The Hall–Kier alpha value is -1.23. The lowest BCUT2D eigenvalue weighted by Crippen LogP contribution is -2.47. The lowest BCUT2D eigenvalue weighted by atomic mass is 9.82. The van der Waals surface area contributed by atoms with Crippen molar-refractivity contribution in [2.75, 3.05) is 5.32 Å². The molecule has 0 bridgehead atoms. The third-order valence-corrected chi connectivity index (χ3v) is 2.81. The molecule has 0 fully saturated rings. The number of benzene rings is 1. The zero-order valence-corrected chi connectivity index (χ0v) is 13.4. The van der Waals surface area contributed by atoms with Crippen LogP contribution in [0.4, 0.5) is 14.5 Å². The third kappa shape index (κ3) is 5.82. The van der Waals surface area contributed by atoms with Crippen LogP contribution >= 0.6 is 12.2 Å². The fourth-order valence-electron chi connectivity index (χ4n) is 2.42. The van der Waals surface area contributed by atoms with Gasteiger partial charge in [0.2, 0.25) is 0 Å².